The minimum absolute atomic E-state index is 0.0440. The van der Waals surface area contributed by atoms with Crippen molar-refractivity contribution in [2.45, 2.75) is 31.4 Å². The van der Waals surface area contributed by atoms with E-state index in [9.17, 15) is 8.78 Å². The van der Waals surface area contributed by atoms with E-state index in [0.717, 1.165) is 6.92 Å². The molecule has 0 spiro atoms. The first-order valence-corrected chi connectivity index (χ1v) is 4.04. The van der Waals surface area contributed by atoms with Crippen LogP contribution in [0, 0.1) is 0 Å². The summed E-state index contributed by atoms with van der Waals surface area (Å²) in [5.74, 6) is -2.55. The number of halogens is 2. The number of alkyl halides is 2. The predicted molar refractivity (Wildman–Crippen MR) is 42.5 cm³/mol. The molecule has 0 aliphatic rings. The quantitative estimate of drug-likeness (QED) is 0.617. The molecule has 0 aromatic heterocycles. The van der Waals surface area contributed by atoms with Crippen LogP contribution in [0.2, 0.25) is 0 Å². The lowest BCUT2D eigenvalue weighted by atomic mass is 10.2. The van der Waals surface area contributed by atoms with Crippen molar-refractivity contribution in [1.29, 1.82) is 0 Å². The highest BCUT2D eigenvalue weighted by Crippen LogP contribution is 2.25. The van der Waals surface area contributed by atoms with E-state index in [1.54, 1.807) is 12.3 Å². The average molecular weight is 166 g/mol. The Morgan fingerprint density at radius 3 is 2.50 bits per heavy atom. The van der Waals surface area contributed by atoms with Crippen molar-refractivity contribution in [2.75, 3.05) is 0 Å². The van der Waals surface area contributed by atoms with Crippen LogP contribution in [0.4, 0.5) is 8.78 Å². The van der Waals surface area contributed by atoms with E-state index in [1.807, 2.05) is 0 Å². The fraction of sp³-hybridized carbons (Fsp3) is 0.714. The van der Waals surface area contributed by atoms with Gasteiger partial charge in [-0.3, -0.25) is 0 Å². The Morgan fingerprint density at radius 1 is 1.70 bits per heavy atom. The van der Waals surface area contributed by atoms with Crippen molar-refractivity contribution in [3.63, 3.8) is 0 Å². The van der Waals surface area contributed by atoms with Crippen LogP contribution in [0.25, 0.3) is 0 Å². The molecular formula is C7H12F2S. The van der Waals surface area contributed by atoms with Crippen LogP contribution in [0.15, 0.2) is 12.0 Å². The zero-order valence-electron chi connectivity index (χ0n) is 6.23. The van der Waals surface area contributed by atoms with Crippen molar-refractivity contribution >= 4 is 11.8 Å². The maximum Gasteiger partial charge on any atom is 0.246 e. The molecule has 0 amide bonds. The van der Waals surface area contributed by atoms with Crippen LogP contribution in [0.5, 0.6) is 0 Å². The van der Waals surface area contributed by atoms with E-state index in [2.05, 4.69) is 6.58 Å². The Labute approximate surface area is 64.7 Å². The predicted octanol–water partition coefficient (Wildman–Crippen LogP) is 3.30. The molecule has 0 saturated carbocycles. The van der Waals surface area contributed by atoms with Gasteiger partial charge in [-0.05, 0) is 12.3 Å². The molecule has 60 valence electrons. The first-order valence-electron chi connectivity index (χ1n) is 3.10. The van der Waals surface area contributed by atoms with E-state index in [1.165, 1.54) is 11.8 Å². The summed E-state index contributed by atoms with van der Waals surface area (Å²) in [5, 5.41) is 1.55. The summed E-state index contributed by atoms with van der Waals surface area (Å²) in [4.78, 5) is 0. The van der Waals surface area contributed by atoms with Gasteiger partial charge in [0.05, 0.1) is 0 Å². The molecular weight excluding hydrogens is 154 g/mol. The van der Waals surface area contributed by atoms with Crippen LogP contribution in [-0.2, 0) is 0 Å². The highest BCUT2D eigenvalue weighted by Gasteiger charge is 2.23. The Kier molecular flexibility index (Phi) is 3.94. The highest BCUT2D eigenvalue weighted by molar-refractivity contribution is 8.02. The van der Waals surface area contributed by atoms with Crippen LogP contribution in [0.3, 0.4) is 0 Å². The monoisotopic (exact) mass is 166 g/mol. The number of hydrogen-bond donors (Lipinski definition) is 0. The summed E-state index contributed by atoms with van der Waals surface area (Å²) >= 11 is 1.34. The van der Waals surface area contributed by atoms with Crippen LogP contribution in [0.1, 0.15) is 20.3 Å². The Bertz CT molecular complexity index is 107. The van der Waals surface area contributed by atoms with Crippen molar-refractivity contribution in [2.24, 2.45) is 0 Å². The molecule has 0 bridgehead atoms. The number of rotatable bonds is 4. The molecule has 0 saturated heterocycles. The molecule has 1 unspecified atom stereocenters. The second kappa shape index (κ2) is 3.96. The fourth-order valence-electron chi connectivity index (χ4n) is 0.717. The molecule has 0 radical (unpaired) electrons. The first-order chi connectivity index (χ1) is 4.45. The largest absolute Gasteiger partial charge is 0.246 e. The zero-order valence-corrected chi connectivity index (χ0v) is 7.05. The van der Waals surface area contributed by atoms with Crippen molar-refractivity contribution in [3.8, 4) is 0 Å². The smallest absolute Gasteiger partial charge is 0.207 e. The van der Waals surface area contributed by atoms with E-state index in [4.69, 9.17) is 0 Å². The number of hydrogen-bond acceptors (Lipinski definition) is 1. The third-order valence-corrected chi connectivity index (χ3v) is 1.80. The minimum Gasteiger partial charge on any atom is -0.207 e. The van der Waals surface area contributed by atoms with Crippen LogP contribution in [-0.4, -0.2) is 11.2 Å². The van der Waals surface area contributed by atoms with Gasteiger partial charge in [0.25, 0.3) is 0 Å². The van der Waals surface area contributed by atoms with Crippen molar-refractivity contribution in [1.82, 2.24) is 0 Å². The Hall–Kier alpha value is -0.0500. The molecule has 0 aromatic carbocycles. The molecule has 0 N–H and O–H groups in total. The van der Waals surface area contributed by atoms with Crippen molar-refractivity contribution < 1.29 is 8.78 Å². The topological polar surface area (TPSA) is 0 Å². The summed E-state index contributed by atoms with van der Waals surface area (Å²) in [6.07, 6.45) is -0.0797. The molecule has 0 rings (SSSR count). The van der Waals surface area contributed by atoms with E-state index >= 15 is 0 Å². The Balaban J connectivity index is 3.56. The second-order valence-corrected chi connectivity index (χ2v) is 3.80. The molecule has 3 heteroatoms. The van der Waals surface area contributed by atoms with Gasteiger partial charge in [-0.15, -0.1) is 11.8 Å². The van der Waals surface area contributed by atoms with Gasteiger partial charge >= 0.3 is 0 Å². The molecule has 0 aliphatic heterocycles. The van der Waals surface area contributed by atoms with Gasteiger partial charge < -0.3 is 0 Å². The van der Waals surface area contributed by atoms with E-state index in [0.29, 0.717) is 0 Å². The standard InChI is InChI=1S/C7H12F2S/c1-4-10-6(2)5-7(3,8)9/h4,6H,1,5H2,2-3H3. The molecule has 0 aromatic rings. The van der Waals surface area contributed by atoms with Crippen LogP contribution < -0.4 is 0 Å². The third kappa shape index (κ3) is 6.08. The summed E-state index contributed by atoms with van der Waals surface area (Å²) in [5.41, 5.74) is 0. The summed E-state index contributed by atoms with van der Waals surface area (Å²) in [6.45, 7) is 6.15. The second-order valence-electron chi connectivity index (χ2n) is 2.39. The maximum absolute atomic E-state index is 12.2. The summed E-state index contributed by atoms with van der Waals surface area (Å²) < 4.78 is 24.5. The van der Waals surface area contributed by atoms with E-state index < -0.39 is 5.92 Å². The normalized spacial score (nSPS) is 14.8. The Morgan fingerprint density at radius 2 is 2.20 bits per heavy atom. The minimum atomic E-state index is -2.55. The molecule has 0 fully saturated rings. The van der Waals surface area contributed by atoms with E-state index in [-0.39, 0.29) is 11.7 Å². The SMILES string of the molecule is C=CSC(C)CC(C)(F)F. The molecule has 0 nitrogen and oxygen atoms in total. The third-order valence-electron chi connectivity index (χ3n) is 0.974. The van der Waals surface area contributed by atoms with Gasteiger partial charge in [0.1, 0.15) is 0 Å². The lowest BCUT2D eigenvalue weighted by molar-refractivity contribution is 0.0139. The van der Waals surface area contributed by atoms with Gasteiger partial charge in [0.2, 0.25) is 5.92 Å². The van der Waals surface area contributed by atoms with Crippen LogP contribution >= 0.6 is 11.8 Å². The van der Waals surface area contributed by atoms with Crippen molar-refractivity contribution in [3.05, 3.63) is 12.0 Å². The summed E-state index contributed by atoms with van der Waals surface area (Å²) in [7, 11) is 0. The van der Waals surface area contributed by atoms with Gasteiger partial charge in [0.15, 0.2) is 0 Å². The van der Waals surface area contributed by atoms with Gasteiger partial charge in [-0.2, -0.15) is 0 Å². The summed E-state index contributed by atoms with van der Waals surface area (Å²) in [6, 6.07) is 0. The van der Waals surface area contributed by atoms with Gasteiger partial charge in [-0.25, -0.2) is 8.78 Å². The molecule has 10 heavy (non-hydrogen) atoms. The number of thioether (sulfide) groups is 1. The molecule has 0 heterocycles. The highest BCUT2D eigenvalue weighted by atomic mass is 32.2. The first kappa shape index (κ1) is 9.95. The van der Waals surface area contributed by atoms with Gasteiger partial charge in [0, 0.05) is 11.7 Å². The molecule has 1 atom stereocenters. The maximum atomic E-state index is 12.2. The fourth-order valence-corrected chi connectivity index (χ4v) is 1.43. The zero-order chi connectivity index (χ0) is 8.20. The molecule has 0 aliphatic carbocycles. The average Bonchev–Trinajstić information content (AvgIpc) is 1.59. The lowest BCUT2D eigenvalue weighted by Crippen LogP contribution is -2.15. The van der Waals surface area contributed by atoms with Gasteiger partial charge in [-0.1, -0.05) is 13.5 Å². The lowest BCUT2D eigenvalue weighted by Gasteiger charge is -2.13.